The molecule has 0 fully saturated rings. The van der Waals surface area contributed by atoms with Gasteiger partial charge in [0.15, 0.2) is 0 Å². The summed E-state index contributed by atoms with van der Waals surface area (Å²) in [6.45, 7) is 4.92. The van der Waals surface area contributed by atoms with Crippen molar-refractivity contribution in [2.75, 3.05) is 13.2 Å². The molecule has 2 unspecified atom stereocenters. The zero-order valence-electron chi connectivity index (χ0n) is 45.6. The number of amides is 1. The monoisotopic (exact) mass is 956 g/mol. The lowest BCUT2D eigenvalue weighted by Crippen LogP contribution is -2.45. The van der Waals surface area contributed by atoms with Crippen molar-refractivity contribution in [2.24, 2.45) is 0 Å². The van der Waals surface area contributed by atoms with E-state index in [9.17, 15) is 19.8 Å². The maximum absolute atomic E-state index is 12.5. The highest BCUT2D eigenvalue weighted by Gasteiger charge is 2.20. The van der Waals surface area contributed by atoms with Gasteiger partial charge in [-0.1, -0.05) is 262 Å². The fraction of sp³-hybridized carbons (Fsp3) is 0.871. The summed E-state index contributed by atoms with van der Waals surface area (Å²) in [4.78, 5) is 24.6. The Morgan fingerprint density at radius 2 is 0.735 bits per heavy atom. The van der Waals surface area contributed by atoms with Gasteiger partial charge < -0.3 is 20.3 Å². The molecule has 400 valence electrons. The van der Waals surface area contributed by atoms with E-state index in [1.54, 1.807) is 0 Å². The number of allylic oxidation sites excluding steroid dienone is 6. The van der Waals surface area contributed by atoms with Crippen LogP contribution in [0.3, 0.4) is 0 Å². The number of esters is 1. The summed E-state index contributed by atoms with van der Waals surface area (Å²) >= 11 is 0. The molecule has 0 heterocycles. The molecule has 6 nitrogen and oxygen atoms in total. The van der Waals surface area contributed by atoms with Crippen LogP contribution in [0.5, 0.6) is 0 Å². The van der Waals surface area contributed by atoms with E-state index in [0.29, 0.717) is 25.9 Å². The summed E-state index contributed by atoms with van der Waals surface area (Å²) in [5.41, 5.74) is 0. The fourth-order valence-corrected chi connectivity index (χ4v) is 9.25. The first kappa shape index (κ1) is 66.1. The number of hydrogen-bond acceptors (Lipinski definition) is 5. The number of hydrogen-bond donors (Lipinski definition) is 3. The van der Waals surface area contributed by atoms with Gasteiger partial charge in [-0.05, 0) is 83.5 Å². The van der Waals surface area contributed by atoms with Crippen LogP contribution in [0.4, 0.5) is 0 Å². The Hall–Kier alpha value is -1.92. The first-order valence-corrected chi connectivity index (χ1v) is 30.2. The number of aliphatic hydroxyl groups is 2. The van der Waals surface area contributed by atoms with Crippen molar-refractivity contribution in [1.82, 2.24) is 5.32 Å². The van der Waals surface area contributed by atoms with Crippen molar-refractivity contribution in [3.8, 4) is 0 Å². The molecule has 3 N–H and O–H groups in total. The van der Waals surface area contributed by atoms with Gasteiger partial charge >= 0.3 is 5.97 Å². The first-order valence-electron chi connectivity index (χ1n) is 30.2. The molecule has 0 aliphatic rings. The highest BCUT2D eigenvalue weighted by atomic mass is 16.5. The molecule has 0 aliphatic heterocycles. The minimum atomic E-state index is -0.673. The fourth-order valence-electron chi connectivity index (χ4n) is 9.25. The van der Waals surface area contributed by atoms with Crippen LogP contribution >= 0.6 is 0 Å². The van der Waals surface area contributed by atoms with Crippen molar-refractivity contribution in [1.29, 1.82) is 0 Å². The van der Waals surface area contributed by atoms with E-state index >= 15 is 0 Å². The molecule has 0 rings (SSSR count). The van der Waals surface area contributed by atoms with Crippen molar-refractivity contribution < 1.29 is 24.5 Å². The summed E-state index contributed by atoms with van der Waals surface area (Å²) < 4.78 is 5.47. The van der Waals surface area contributed by atoms with Crippen molar-refractivity contribution in [3.05, 3.63) is 36.5 Å². The molecular formula is C62H117NO5. The normalized spacial score (nSPS) is 12.8. The minimum absolute atomic E-state index is 0.0151. The average Bonchev–Trinajstić information content (AvgIpc) is 3.34. The molecule has 6 heteroatoms. The Morgan fingerprint density at radius 1 is 0.412 bits per heavy atom. The Balaban J connectivity index is 3.47. The van der Waals surface area contributed by atoms with E-state index in [1.807, 2.05) is 0 Å². The second kappa shape index (κ2) is 57.7. The maximum atomic E-state index is 12.5. The van der Waals surface area contributed by atoms with Gasteiger partial charge in [-0.25, -0.2) is 0 Å². The third-order valence-electron chi connectivity index (χ3n) is 13.9. The van der Waals surface area contributed by atoms with Crippen LogP contribution in [0.15, 0.2) is 36.5 Å². The van der Waals surface area contributed by atoms with E-state index in [2.05, 4.69) is 55.6 Å². The summed E-state index contributed by atoms with van der Waals surface area (Å²) in [6.07, 6.45) is 71.4. The predicted octanol–water partition coefficient (Wildman–Crippen LogP) is 18.8. The molecule has 0 radical (unpaired) electrons. The van der Waals surface area contributed by atoms with Crippen LogP contribution in [0.25, 0.3) is 0 Å². The molecular weight excluding hydrogens is 839 g/mol. The largest absolute Gasteiger partial charge is 0.466 e. The average molecular weight is 957 g/mol. The zero-order valence-corrected chi connectivity index (χ0v) is 45.6. The second-order valence-electron chi connectivity index (χ2n) is 20.7. The minimum Gasteiger partial charge on any atom is -0.466 e. The second-order valence-corrected chi connectivity index (χ2v) is 20.7. The van der Waals surface area contributed by atoms with Gasteiger partial charge in [-0.2, -0.15) is 0 Å². The van der Waals surface area contributed by atoms with E-state index in [-0.39, 0.29) is 18.5 Å². The molecule has 1 amide bonds. The standard InChI is InChI=1S/C62H117NO5/c1-3-5-7-9-11-13-15-17-19-21-23-26-30-34-38-42-46-50-54-60(65)59(58-64)63-61(66)55-51-47-43-39-35-31-27-24-22-25-29-33-37-41-45-49-53-57-68-62(67)56-52-48-44-40-36-32-28-20-18-16-14-12-10-8-6-4-2/h14,16,20,22,25,28,59-60,64-65H,3-13,15,17-19,21,23-24,26-27,29-58H2,1-2H3,(H,63,66)/b16-14-,25-22-,28-20-. The number of nitrogens with one attached hydrogen (secondary N) is 1. The van der Waals surface area contributed by atoms with E-state index < -0.39 is 12.1 Å². The topological polar surface area (TPSA) is 95.9 Å². The third-order valence-corrected chi connectivity index (χ3v) is 13.9. The number of carbonyl (C=O) groups is 2. The van der Waals surface area contributed by atoms with Gasteiger partial charge in [0.05, 0.1) is 25.4 Å². The quantitative estimate of drug-likeness (QED) is 0.0321. The summed E-state index contributed by atoms with van der Waals surface area (Å²) in [5, 5.41) is 23.3. The molecule has 2 atom stereocenters. The third kappa shape index (κ3) is 53.4. The molecule has 68 heavy (non-hydrogen) atoms. The highest BCUT2D eigenvalue weighted by molar-refractivity contribution is 5.76. The van der Waals surface area contributed by atoms with Crippen molar-refractivity contribution in [2.45, 2.75) is 334 Å². The Kier molecular flexibility index (Phi) is 56.0. The van der Waals surface area contributed by atoms with Gasteiger partial charge in [0.1, 0.15) is 0 Å². The van der Waals surface area contributed by atoms with Gasteiger partial charge in [0.25, 0.3) is 0 Å². The molecule has 0 aliphatic carbocycles. The predicted molar refractivity (Wildman–Crippen MR) is 296 cm³/mol. The Morgan fingerprint density at radius 3 is 1.15 bits per heavy atom. The lowest BCUT2D eigenvalue weighted by molar-refractivity contribution is -0.143. The lowest BCUT2D eigenvalue weighted by Gasteiger charge is -2.22. The molecule has 0 aromatic carbocycles. The molecule has 0 aromatic rings. The molecule has 0 saturated carbocycles. The van der Waals surface area contributed by atoms with Gasteiger partial charge in [0, 0.05) is 12.8 Å². The summed E-state index contributed by atoms with van der Waals surface area (Å²) in [5.74, 6) is -0.0607. The molecule has 0 bridgehead atoms. The number of ether oxygens (including phenoxy) is 1. The summed E-state index contributed by atoms with van der Waals surface area (Å²) in [7, 11) is 0. The first-order chi connectivity index (χ1) is 33.5. The molecule has 0 saturated heterocycles. The van der Waals surface area contributed by atoms with E-state index in [1.165, 1.54) is 225 Å². The van der Waals surface area contributed by atoms with Crippen LogP contribution in [0.2, 0.25) is 0 Å². The van der Waals surface area contributed by atoms with Gasteiger partial charge in [0.2, 0.25) is 5.91 Å². The van der Waals surface area contributed by atoms with E-state index in [0.717, 1.165) is 64.2 Å². The summed E-state index contributed by atoms with van der Waals surface area (Å²) in [6, 6.07) is -0.552. The van der Waals surface area contributed by atoms with Crippen LogP contribution in [0.1, 0.15) is 322 Å². The van der Waals surface area contributed by atoms with Crippen molar-refractivity contribution in [3.63, 3.8) is 0 Å². The number of unbranched alkanes of at least 4 members (excludes halogenated alkanes) is 39. The number of carbonyl (C=O) groups excluding carboxylic acids is 2. The Bertz CT molecular complexity index is 1100. The number of rotatable bonds is 56. The zero-order chi connectivity index (χ0) is 49.3. The van der Waals surface area contributed by atoms with Crippen LogP contribution < -0.4 is 5.32 Å². The van der Waals surface area contributed by atoms with Gasteiger partial charge in [-0.3, -0.25) is 9.59 Å². The van der Waals surface area contributed by atoms with Gasteiger partial charge in [-0.15, -0.1) is 0 Å². The maximum Gasteiger partial charge on any atom is 0.305 e. The lowest BCUT2D eigenvalue weighted by atomic mass is 10.0. The highest BCUT2D eigenvalue weighted by Crippen LogP contribution is 2.17. The Labute approximate surface area is 424 Å². The molecule has 0 aromatic heterocycles. The smallest absolute Gasteiger partial charge is 0.305 e. The SMILES string of the molecule is CCCCCC/C=C\C/C=C\CCCCCCCC(=O)OCCCCCCCC/C=C\CCCCCCCCCC(=O)NC(CO)C(O)CCCCCCCCCCCCCCCCCCCC. The van der Waals surface area contributed by atoms with E-state index in [4.69, 9.17) is 4.74 Å². The van der Waals surface area contributed by atoms with Crippen molar-refractivity contribution >= 4 is 11.9 Å². The van der Waals surface area contributed by atoms with Crippen LogP contribution in [-0.2, 0) is 14.3 Å². The van der Waals surface area contributed by atoms with Crippen LogP contribution in [-0.4, -0.2) is 47.4 Å². The van der Waals surface area contributed by atoms with Crippen LogP contribution in [0, 0.1) is 0 Å². The molecule has 0 spiro atoms. The number of aliphatic hydroxyl groups excluding tert-OH is 2.